The molecule has 0 spiro atoms. The van der Waals surface area contributed by atoms with E-state index in [1.807, 2.05) is 0 Å². The van der Waals surface area contributed by atoms with Crippen molar-refractivity contribution >= 4 is 16.1 Å². The summed E-state index contributed by atoms with van der Waals surface area (Å²) >= 11 is 0. The Balaban J connectivity index is 2.74. The second kappa shape index (κ2) is 4.30. The first kappa shape index (κ1) is 10.8. The molecule has 6 heteroatoms. The summed E-state index contributed by atoms with van der Waals surface area (Å²) in [5, 5.41) is 0. The topological polar surface area (TPSA) is 78.6 Å². The smallest absolute Gasteiger partial charge is 0.399 e. The molecular weight excluding hydrogens is 206 g/mol. The molecule has 1 aromatic rings. The van der Waals surface area contributed by atoms with Gasteiger partial charge < -0.3 is 9.92 Å². The zero-order chi connectivity index (χ0) is 10.6. The summed E-state index contributed by atoms with van der Waals surface area (Å²) in [6, 6.07) is 5.98. The minimum absolute atomic E-state index is 0.0390. The lowest BCUT2D eigenvalue weighted by molar-refractivity contribution is 0.288. The van der Waals surface area contributed by atoms with Gasteiger partial charge in [0, 0.05) is 5.69 Å². The van der Waals surface area contributed by atoms with Crippen LogP contribution >= 0.6 is 0 Å². The molecule has 0 saturated carbocycles. The van der Waals surface area contributed by atoms with E-state index in [9.17, 15) is 8.42 Å². The number of nitrogens with two attached hydrogens (primary N) is 1. The first-order chi connectivity index (χ1) is 6.53. The van der Waals surface area contributed by atoms with Gasteiger partial charge in [-0.25, -0.2) is 4.18 Å². The maximum absolute atomic E-state index is 11.0. The first-order valence-corrected chi connectivity index (χ1v) is 5.31. The van der Waals surface area contributed by atoms with Gasteiger partial charge in [0.15, 0.2) is 0 Å². The Labute approximate surface area is 82.8 Å². The Morgan fingerprint density at radius 3 is 2.36 bits per heavy atom. The van der Waals surface area contributed by atoms with Crippen molar-refractivity contribution in [2.75, 3.05) is 12.3 Å². The molecule has 2 N–H and O–H groups in total. The maximum atomic E-state index is 11.0. The van der Waals surface area contributed by atoms with Gasteiger partial charge in [-0.3, -0.25) is 0 Å². The van der Waals surface area contributed by atoms with Crippen LogP contribution in [0.25, 0.3) is 0 Å². The molecule has 0 heterocycles. The molecule has 0 aromatic heterocycles. The summed E-state index contributed by atoms with van der Waals surface area (Å²) in [5.74, 6) is 0.174. The fraction of sp³-hybridized carbons (Fsp3) is 0.250. The van der Waals surface area contributed by atoms with Crippen LogP contribution < -0.4 is 9.92 Å². The molecule has 1 rings (SSSR count). The SMILES string of the molecule is CCOS(=O)(=O)Oc1ccc(N)cc1. The molecule has 0 radical (unpaired) electrons. The van der Waals surface area contributed by atoms with Gasteiger partial charge in [0.1, 0.15) is 5.75 Å². The number of benzene rings is 1. The van der Waals surface area contributed by atoms with Crippen molar-refractivity contribution in [2.45, 2.75) is 6.92 Å². The quantitative estimate of drug-likeness (QED) is 0.759. The van der Waals surface area contributed by atoms with Gasteiger partial charge in [-0.1, -0.05) is 0 Å². The third-order valence-corrected chi connectivity index (χ3v) is 2.26. The van der Waals surface area contributed by atoms with Crippen LogP contribution in [0.5, 0.6) is 5.75 Å². The highest BCUT2D eigenvalue weighted by Gasteiger charge is 2.11. The van der Waals surface area contributed by atoms with E-state index < -0.39 is 10.4 Å². The lowest BCUT2D eigenvalue weighted by Gasteiger charge is -2.05. The summed E-state index contributed by atoms with van der Waals surface area (Å²) in [7, 11) is -3.94. The lowest BCUT2D eigenvalue weighted by atomic mass is 10.3. The predicted octanol–water partition coefficient (Wildman–Crippen LogP) is 0.929. The highest BCUT2D eigenvalue weighted by atomic mass is 32.3. The Morgan fingerprint density at radius 1 is 1.29 bits per heavy atom. The molecule has 0 unspecified atom stereocenters. The fourth-order valence-corrected chi connectivity index (χ4v) is 1.49. The van der Waals surface area contributed by atoms with E-state index >= 15 is 0 Å². The summed E-state index contributed by atoms with van der Waals surface area (Å²) in [5.41, 5.74) is 5.95. The van der Waals surface area contributed by atoms with Crippen molar-refractivity contribution in [3.8, 4) is 5.75 Å². The van der Waals surface area contributed by atoms with Crippen LogP contribution in [0.4, 0.5) is 5.69 Å². The van der Waals surface area contributed by atoms with E-state index in [-0.39, 0.29) is 12.4 Å². The fourth-order valence-electron chi connectivity index (χ4n) is 0.810. The summed E-state index contributed by atoms with van der Waals surface area (Å²) in [6.45, 7) is 1.60. The third-order valence-electron chi connectivity index (χ3n) is 1.34. The Kier molecular flexibility index (Phi) is 3.32. The summed E-state index contributed by atoms with van der Waals surface area (Å²) in [4.78, 5) is 0. The van der Waals surface area contributed by atoms with Gasteiger partial charge in [-0.2, -0.15) is 8.42 Å². The van der Waals surface area contributed by atoms with Crippen molar-refractivity contribution in [1.29, 1.82) is 0 Å². The molecular formula is C8H11NO4S. The van der Waals surface area contributed by atoms with Crippen molar-refractivity contribution in [2.24, 2.45) is 0 Å². The third kappa shape index (κ3) is 3.23. The van der Waals surface area contributed by atoms with E-state index in [0.29, 0.717) is 5.69 Å². The van der Waals surface area contributed by atoms with Gasteiger partial charge in [-0.15, -0.1) is 0 Å². The highest BCUT2D eigenvalue weighted by molar-refractivity contribution is 7.82. The van der Waals surface area contributed by atoms with Gasteiger partial charge in [0.05, 0.1) is 6.61 Å². The molecule has 0 aliphatic carbocycles. The first-order valence-electron chi connectivity index (χ1n) is 3.98. The largest absolute Gasteiger partial charge is 0.449 e. The molecule has 1 aromatic carbocycles. The molecule has 0 saturated heterocycles. The molecule has 0 bridgehead atoms. The molecule has 78 valence electrons. The lowest BCUT2D eigenvalue weighted by Crippen LogP contribution is -2.12. The number of rotatable bonds is 4. The zero-order valence-electron chi connectivity index (χ0n) is 7.64. The number of hydrogen-bond acceptors (Lipinski definition) is 5. The average Bonchev–Trinajstić information content (AvgIpc) is 2.08. The number of anilines is 1. The maximum Gasteiger partial charge on any atom is 0.449 e. The highest BCUT2D eigenvalue weighted by Crippen LogP contribution is 2.15. The Bertz CT molecular complexity index is 384. The van der Waals surface area contributed by atoms with Crippen LogP contribution in [0.2, 0.25) is 0 Å². The molecule has 0 aliphatic rings. The molecule has 0 amide bonds. The van der Waals surface area contributed by atoms with Gasteiger partial charge in [0.25, 0.3) is 0 Å². The van der Waals surface area contributed by atoms with Crippen molar-refractivity contribution < 1.29 is 16.8 Å². The van der Waals surface area contributed by atoms with E-state index in [0.717, 1.165) is 0 Å². The van der Waals surface area contributed by atoms with E-state index in [2.05, 4.69) is 8.37 Å². The van der Waals surface area contributed by atoms with Crippen molar-refractivity contribution in [1.82, 2.24) is 0 Å². The molecule has 0 fully saturated rings. The van der Waals surface area contributed by atoms with Crippen LogP contribution in [0.3, 0.4) is 0 Å². The normalized spacial score (nSPS) is 11.2. The molecule has 0 aliphatic heterocycles. The summed E-state index contributed by atoms with van der Waals surface area (Å²) < 4.78 is 31.0. The van der Waals surface area contributed by atoms with Crippen LogP contribution in [0.1, 0.15) is 6.92 Å². The minimum Gasteiger partial charge on any atom is -0.399 e. The average molecular weight is 217 g/mol. The van der Waals surface area contributed by atoms with E-state index in [1.165, 1.54) is 24.3 Å². The van der Waals surface area contributed by atoms with Crippen molar-refractivity contribution in [3.05, 3.63) is 24.3 Å². The Hall–Kier alpha value is -1.27. The molecule has 14 heavy (non-hydrogen) atoms. The van der Waals surface area contributed by atoms with E-state index in [4.69, 9.17) is 5.73 Å². The predicted molar refractivity (Wildman–Crippen MR) is 52.0 cm³/mol. The number of nitrogen functional groups attached to an aromatic ring is 1. The standard InChI is InChI=1S/C8H11NO4S/c1-2-12-14(10,11)13-8-5-3-7(9)4-6-8/h3-6H,2,9H2,1H3. The zero-order valence-corrected chi connectivity index (χ0v) is 8.45. The summed E-state index contributed by atoms with van der Waals surface area (Å²) in [6.07, 6.45) is 0. The second-order valence-electron chi connectivity index (χ2n) is 2.47. The molecule has 5 nitrogen and oxygen atoms in total. The second-order valence-corrected chi connectivity index (χ2v) is 3.69. The van der Waals surface area contributed by atoms with Crippen LogP contribution in [0, 0.1) is 0 Å². The minimum atomic E-state index is -3.94. The van der Waals surface area contributed by atoms with Crippen molar-refractivity contribution in [3.63, 3.8) is 0 Å². The number of hydrogen-bond donors (Lipinski definition) is 1. The Morgan fingerprint density at radius 2 is 1.86 bits per heavy atom. The van der Waals surface area contributed by atoms with E-state index in [1.54, 1.807) is 6.92 Å². The molecule has 0 atom stereocenters. The van der Waals surface area contributed by atoms with Crippen LogP contribution in [0.15, 0.2) is 24.3 Å². The monoisotopic (exact) mass is 217 g/mol. The van der Waals surface area contributed by atoms with Crippen LogP contribution in [-0.4, -0.2) is 15.0 Å². The van der Waals surface area contributed by atoms with Gasteiger partial charge in [-0.05, 0) is 31.2 Å². The van der Waals surface area contributed by atoms with Gasteiger partial charge in [0.2, 0.25) is 0 Å². The van der Waals surface area contributed by atoms with Crippen LogP contribution in [-0.2, 0) is 14.6 Å². The van der Waals surface area contributed by atoms with Gasteiger partial charge >= 0.3 is 10.4 Å².